The van der Waals surface area contributed by atoms with E-state index < -0.39 is 12.0 Å². The second kappa shape index (κ2) is 8.79. The van der Waals surface area contributed by atoms with Gasteiger partial charge in [-0.3, -0.25) is 4.79 Å². The summed E-state index contributed by atoms with van der Waals surface area (Å²) in [6.45, 7) is 2.82. The van der Waals surface area contributed by atoms with E-state index in [2.05, 4.69) is 17.6 Å². The molecule has 3 N–H and O–H groups in total. The smallest absolute Gasteiger partial charge is 0.319 e. The van der Waals surface area contributed by atoms with Crippen molar-refractivity contribution in [3.05, 3.63) is 24.3 Å². The molecule has 0 heterocycles. The van der Waals surface area contributed by atoms with E-state index >= 15 is 0 Å². The van der Waals surface area contributed by atoms with Crippen LogP contribution in [0.1, 0.15) is 26.2 Å². The first-order chi connectivity index (χ1) is 9.61. The van der Waals surface area contributed by atoms with E-state index in [1.54, 1.807) is 18.2 Å². The molecule has 1 aromatic carbocycles. The summed E-state index contributed by atoms with van der Waals surface area (Å²) in [7, 11) is 0. The first-order valence-corrected chi connectivity index (χ1v) is 6.61. The molecule has 2 amide bonds. The minimum atomic E-state index is -0.948. The molecule has 110 valence electrons. The van der Waals surface area contributed by atoms with Gasteiger partial charge in [0.15, 0.2) is 0 Å². The van der Waals surface area contributed by atoms with Gasteiger partial charge in [0.2, 0.25) is 0 Å². The molecule has 0 bridgehead atoms. The van der Waals surface area contributed by atoms with Crippen LogP contribution in [0.15, 0.2) is 24.3 Å². The van der Waals surface area contributed by atoms with Gasteiger partial charge < -0.3 is 20.5 Å². The molecule has 6 nitrogen and oxygen atoms in total. The van der Waals surface area contributed by atoms with Crippen LogP contribution in [0.2, 0.25) is 0 Å². The average molecular weight is 280 g/mol. The van der Waals surface area contributed by atoms with E-state index in [1.165, 1.54) is 0 Å². The van der Waals surface area contributed by atoms with Crippen LogP contribution < -0.4 is 15.4 Å². The standard InChI is InChI=1S/C14H20N2O4/c1-2-3-9-20-12-6-4-5-11(10-12)16-14(19)15-8-7-13(17)18/h4-6,10H,2-3,7-9H2,1H3,(H,17,18)(H2,15,16,19). The monoisotopic (exact) mass is 280 g/mol. The number of benzene rings is 1. The van der Waals surface area contributed by atoms with Gasteiger partial charge in [-0.1, -0.05) is 19.4 Å². The molecule has 20 heavy (non-hydrogen) atoms. The number of anilines is 1. The zero-order valence-electron chi connectivity index (χ0n) is 11.5. The molecule has 0 saturated carbocycles. The summed E-state index contributed by atoms with van der Waals surface area (Å²) in [5.41, 5.74) is 0.604. The highest BCUT2D eigenvalue weighted by molar-refractivity contribution is 5.89. The number of carbonyl (C=O) groups excluding carboxylic acids is 1. The lowest BCUT2D eigenvalue weighted by Gasteiger charge is -2.09. The Hall–Kier alpha value is -2.24. The molecule has 0 unspecified atom stereocenters. The third kappa shape index (κ3) is 6.63. The van der Waals surface area contributed by atoms with Gasteiger partial charge in [0, 0.05) is 18.3 Å². The van der Waals surface area contributed by atoms with Gasteiger partial charge in [-0.2, -0.15) is 0 Å². The lowest BCUT2D eigenvalue weighted by atomic mass is 10.3. The average Bonchev–Trinajstić information content (AvgIpc) is 2.39. The molecular formula is C14H20N2O4. The molecule has 0 aliphatic rings. The van der Waals surface area contributed by atoms with Crippen molar-refractivity contribution in [2.75, 3.05) is 18.5 Å². The van der Waals surface area contributed by atoms with E-state index in [-0.39, 0.29) is 13.0 Å². The summed E-state index contributed by atoms with van der Waals surface area (Å²) >= 11 is 0. The van der Waals surface area contributed by atoms with Crippen molar-refractivity contribution < 1.29 is 19.4 Å². The second-order valence-electron chi connectivity index (χ2n) is 4.25. The Balaban J connectivity index is 2.40. The SMILES string of the molecule is CCCCOc1cccc(NC(=O)NCCC(=O)O)c1. The maximum Gasteiger partial charge on any atom is 0.319 e. The van der Waals surface area contributed by atoms with Crippen molar-refractivity contribution in [1.29, 1.82) is 0 Å². The third-order valence-corrected chi connectivity index (χ3v) is 2.48. The number of aliphatic carboxylic acids is 1. The minimum absolute atomic E-state index is 0.0911. The van der Waals surface area contributed by atoms with Crippen LogP contribution in [0, 0.1) is 0 Å². The lowest BCUT2D eigenvalue weighted by molar-refractivity contribution is -0.136. The zero-order valence-corrected chi connectivity index (χ0v) is 11.5. The van der Waals surface area contributed by atoms with Crippen molar-refractivity contribution in [1.82, 2.24) is 5.32 Å². The quantitative estimate of drug-likeness (QED) is 0.638. The van der Waals surface area contributed by atoms with Gasteiger partial charge in [-0.15, -0.1) is 0 Å². The van der Waals surface area contributed by atoms with Crippen LogP contribution in [-0.4, -0.2) is 30.3 Å². The number of carboxylic acids is 1. The van der Waals surface area contributed by atoms with Crippen LogP contribution in [-0.2, 0) is 4.79 Å². The Labute approximate surface area is 118 Å². The van der Waals surface area contributed by atoms with Crippen molar-refractivity contribution in [2.45, 2.75) is 26.2 Å². The van der Waals surface area contributed by atoms with Crippen molar-refractivity contribution >= 4 is 17.7 Å². The van der Waals surface area contributed by atoms with Crippen molar-refractivity contribution in [2.24, 2.45) is 0 Å². The Bertz CT molecular complexity index is 449. The van der Waals surface area contributed by atoms with Gasteiger partial charge >= 0.3 is 12.0 Å². The zero-order chi connectivity index (χ0) is 14.8. The number of amides is 2. The fraction of sp³-hybridized carbons (Fsp3) is 0.429. The van der Waals surface area contributed by atoms with Crippen molar-refractivity contribution in [3.63, 3.8) is 0 Å². The largest absolute Gasteiger partial charge is 0.494 e. The Morgan fingerprint density at radius 1 is 1.35 bits per heavy atom. The summed E-state index contributed by atoms with van der Waals surface area (Å²) in [5.74, 6) is -0.251. The minimum Gasteiger partial charge on any atom is -0.494 e. The summed E-state index contributed by atoms with van der Waals surface area (Å²) in [4.78, 5) is 21.8. The number of hydrogen-bond donors (Lipinski definition) is 3. The number of carbonyl (C=O) groups is 2. The fourth-order valence-electron chi connectivity index (χ4n) is 1.46. The van der Waals surface area contributed by atoms with E-state index in [0.717, 1.165) is 12.8 Å². The van der Waals surface area contributed by atoms with Gasteiger partial charge in [-0.25, -0.2) is 4.79 Å². The fourth-order valence-corrected chi connectivity index (χ4v) is 1.46. The lowest BCUT2D eigenvalue weighted by Crippen LogP contribution is -2.30. The van der Waals surface area contributed by atoms with Crippen molar-refractivity contribution in [3.8, 4) is 5.75 Å². The molecule has 0 atom stereocenters. The molecule has 0 spiro atoms. The van der Waals surface area contributed by atoms with Crippen LogP contribution >= 0.6 is 0 Å². The normalized spacial score (nSPS) is 9.85. The topological polar surface area (TPSA) is 87.7 Å². The summed E-state index contributed by atoms with van der Waals surface area (Å²) in [5, 5.41) is 13.6. The number of nitrogens with one attached hydrogen (secondary N) is 2. The summed E-state index contributed by atoms with van der Waals surface area (Å²) in [6.07, 6.45) is 1.94. The predicted octanol–water partition coefficient (Wildman–Crippen LogP) is 2.46. The van der Waals surface area contributed by atoms with Crippen LogP contribution in [0.25, 0.3) is 0 Å². The number of unbranched alkanes of at least 4 members (excludes halogenated alkanes) is 1. The Morgan fingerprint density at radius 2 is 2.15 bits per heavy atom. The molecule has 0 saturated heterocycles. The molecule has 0 aliphatic carbocycles. The molecule has 0 radical (unpaired) electrons. The Morgan fingerprint density at radius 3 is 2.85 bits per heavy atom. The first-order valence-electron chi connectivity index (χ1n) is 6.61. The molecule has 1 rings (SSSR count). The van der Waals surface area contributed by atoms with Gasteiger partial charge in [0.25, 0.3) is 0 Å². The maximum atomic E-state index is 11.5. The second-order valence-corrected chi connectivity index (χ2v) is 4.25. The number of ether oxygens (including phenoxy) is 1. The highest BCUT2D eigenvalue weighted by atomic mass is 16.5. The highest BCUT2D eigenvalue weighted by Crippen LogP contribution is 2.17. The van der Waals surface area contributed by atoms with Gasteiger partial charge in [0.1, 0.15) is 5.75 Å². The number of rotatable bonds is 8. The van der Waals surface area contributed by atoms with E-state index in [0.29, 0.717) is 18.0 Å². The molecule has 1 aromatic rings. The molecular weight excluding hydrogens is 260 g/mol. The molecule has 0 aliphatic heterocycles. The van der Waals surface area contributed by atoms with E-state index in [9.17, 15) is 9.59 Å². The summed E-state index contributed by atoms with van der Waals surface area (Å²) in [6, 6.07) is 6.64. The van der Waals surface area contributed by atoms with Gasteiger partial charge in [0.05, 0.1) is 13.0 Å². The van der Waals surface area contributed by atoms with Crippen LogP contribution in [0.5, 0.6) is 5.75 Å². The number of hydrogen-bond acceptors (Lipinski definition) is 3. The maximum absolute atomic E-state index is 11.5. The first kappa shape index (κ1) is 15.8. The van der Waals surface area contributed by atoms with Crippen LogP contribution in [0.3, 0.4) is 0 Å². The number of carboxylic acid groups (broad SMARTS) is 1. The molecule has 6 heteroatoms. The Kier molecular flexibility index (Phi) is 6.95. The molecule has 0 fully saturated rings. The van der Waals surface area contributed by atoms with Crippen LogP contribution in [0.4, 0.5) is 10.5 Å². The number of urea groups is 1. The highest BCUT2D eigenvalue weighted by Gasteiger charge is 2.04. The predicted molar refractivity (Wildman–Crippen MR) is 76.1 cm³/mol. The van der Waals surface area contributed by atoms with Gasteiger partial charge in [-0.05, 0) is 18.6 Å². The third-order valence-electron chi connectivity index (χ3n) is 2.48. The van der Waals surface area contributed by atoms with E-state index in [4.69, 9.17) is 9.84 Å². The van der Waals surface area contributed by atoms with E-state index in [1.807, 2.05) is 6.07 Å². The summed E-state index contributed by atoms with van der Waals surface area (Å²) < 4.78 is 5.53. The molecule has 0 aromatic heterocycles.